The van der Waals surface area contributed by atoms with Gasteiger partial charge in [0.1, 0.15) is 6.21 Å². The Kier molecular flexibility index (Phi) is 2.95. The van der Waals surface area contributed by atoms with E-state index < -0.39 is 5.97 Å². The molecule has 0 spiro atoms. The molecule has 1 aromatic rings. The van der Waals surface area contributed by atoms with Gasteiger partial charge in [-0.2, -0.15) is 0 Å². The number of rotatable bonds is 2. The van der Waals surface area contributed by atoms with Crippen molar-refractivity contribution in [3.63, 3.8) is 0 Å². The number of pyridine rings is 1. The van der Waals surface area contributed by atoms with E-state index >= 15 is 0 Å². The van der Waals surface area contributed by atoms with E-state index in [1.165, 1.54) is 7.11 Å². The van der Waals surface area contributed by atoms with Crippen LogP contribution in [0.5, 0.6) is 0 Å². The van der Waals surface area contributed by atoms with E-state index in [4.69, 9.17) is 0 Å². The molecular weight excluding hydrogens is 156 g/mol. The van der Waals surface area contributed by atoms with Crippen LogP contribution in [0.15, 0.2) is 29.5 Å². The molecule has 0 aliphatic rings. The first-order valence-corrected chi connectivity index (χ1v) is 3.35. The molecule has 4 nitrogen and oxygen atoms in total. The van der Waals surface area contributed by atoms with Crippen molar-refractivity contribution in [2.45, 2.75) is 0 Å². The second-order valence-electron chi connectivity index (χ2n) is 1.99. The van der Waals surface area contributed by atoms with E-state index in [0.29, 0.717) is 5.69 Å². The van der Waals surface area contributed by atoms with Crippen LogP contribution >= 0.6 is 0 Å². The van der Waals surface area contributed by atoms with Crippen LogP contribution in [0, 0.1) is 0 Å². The highest BCUT2D eigenvalue weighted by molar-refractivity contribution is 6.23. The molecule has 0 aromatic carbocycles. The SMILES string of the molecule is COC(=O)C=Nc1cccnc1. The molecule has 1 aromatic heterocycles. The number of methoxy groups -OCH3 is 1. The van der Waals surface area contributed by atoms with E-state index in [9.17, 15) is 4.79 Å². The third-order valence-corrected chi connectivity index (χ3v) is 1.17. The Balaban J connectivity index is 2.64. The van der Waals surface area contributed by atoms with Crippen molar-refractivity contribution in [2.75, 3.05) is 7.11 Å². The molecule has 0 atom stereocenters. The number of nitrogens with zero attached hydrogens (tertiary/aromatic N) is 2. The Bertz CT molecular complexity index is 282. The molecule has 0 amide bonds. The lowest BCUT2D eigenvalue weighted by molar-refractivity contribution is -0.132. The van der Waals surface area contributed by atoms with Crippen LogP contribution in [0.1, 0.15) is 0 Å². The van der Waals surface area contributed by atoms with Gasteiger partial charge in [-0.05, 0) is 12.1 Å². The molecule has 0 radical (unpaired) electrons. The van der Waals surface area contributed by atoms with Crippen LogP contribution in [0.2, 0.25) is 0 Å². The number of ether oxygens (including phenoxy) is 1. The first kappa shape index (κ1) is 8.39. The molecule has 0 N–H and O–H groups in total. The maximum Gasteiger partial charge on any atom is 0.349 e. The van der Waals surface area contributed by atoms with Crippen LogP contribution in [0.3, 0.4) is 0 Å². The maximum absolute atomic E-state index is 10.6. The second kappa shape index (κ2) is 4.23. The average molecular weight is 164 g/mol. The Morgan fingerprint density at radius 1 is 1.75 bits per heavy atom. The summed E-state index contributed by atoms with van der Waals surface area (Å²) in [5, 5.41) is 0. The summed E-state index contributed by atoms with van der Waals surface area (Å²) in [6.07, 6.45) is 4.30. The first-order valence-electron chi connectivity index (χ1n) is 3.35. The van der Waals surface area contributed by atoms with Crippen molar-refractivity contribution < 1.29 is 9.53 Å². The number of hydrogen-bond acceptors (Lipinski definition) is 4. The molecular formula is C8H8N2O2. The Labute approximate surface area is 69.9 Å². The number of hydrogen-bond donors (Lipinski definition) is 0. The average Bonchev–Trinajstić information content (AvgIpc) is 2.16. The number of carbonyl (C=O) groups is 1. The minimum atomic E-state index is -0.473. The molecule has 62 valence electrons. The van der Waals surface area contributed by atoms with E-state index in [2.05, 4.69) is 14.7 Å². The number of aromatic nitrogens is 1. The van der Waals surface area contributed by atoms with Gasteiger partial charge in [-0.1, -0.05) is 0 Å². The summed E-state index contributed by atoms with van der Waals surface area (Å²) in [6.45, 7) is 0. The fourth-order valence-electron chi connectivity index (χ4n) is 0.610. The van der Waals surface area contributed by atoms with Crippen molar-refractivity contribution in [1.29, 1.82) is 0 Å². The fraction of sp³-hybridized carbons (Fsp3) is 0.125. The van der Waals surface area contributed by atoms with Crippen molar-refractivity contribution in [3.05, 3.63) is 24.5 Å². The lowest BCUT2D eigenvalue weighted by Gasteiger charge is -1.90. The minimum absolute atomic E-state index is 0.473. The smallest absolute Gasteiger partial charge is 0.349 e. The van der Waals surface area contributed by atoms with Crippen LogP contribution in [0.25, 0.3) is 0 Å². The summed E-state index contributed by atoms with van der Waals surface area (Å²) >= 11 is 0. The van der Waals surface area contributed by atoms with E-state index in [-0.39, 0.29) is 0 Å². The highest BCUT2D eigenvalue weighted by Gasteiger charge is 1.91. The van der Waals surface area contributed by atoms with Gasteiger partial charge in [0.15, 0.2) is 0 Å². The quantitative estimate of drug-likeness (QED) is 0.483. The number of aliphatic imine (C=N–C) groups is 1. The monoisotopic (exact) mass is 164 g/mol. The number of esters is 1. The fourth-order valence-corrected chi connectivity index (χ4v) is 0.610. The molecule has 1 heterocycles. The summed E-state index contributed by atoms with van der Waals surface area (Å²) in [4.78, 5) is 18.2. The van der Waals surface area contributed by atoms with Gasteiger partial charge in [0.05, 0.1) is 19.0 Å². The zero-order valence-electron chi connectivity index (χ0n) is 6.60. The molecule has 0 aliphatic heterocycles. The summed E-state index contributed by atoms with van der Waals surface area (Å²) in [5.74, 6) is -0.473. The number of carbonyl (C=O) groups excluding carboxylic acids is 1. The lowest BCUT2D eigenvalue weighted by atomic mass is 10.4. The zero-order valence-corrected chi connectivity index (χ0v) is 6.60. The van der Waals surface area contributed by atoms with Crippen LogP contribution in [-0.4, -0.2) is 24.3 Å². The van der Waals surface area contributed by atoms with Crippen molar-refractivity contribution in [3.8, 4) is 0 Å². The van der Waals surface area contributed by atoms with E-state index in [0.717, 1.165) is 6.21 Å². The van der Waals surface area contributed by atoms with Crippen LogP contribution in [0.4, 0.5) is 5.69 Å². The zero-order chi connectivity index (χ0) is 8.81. The predicted octanol–water partition coefficient (Wildman–Crippen LogP) is 0.957. The van der Waals surface area contributed by atoms with Gasteiger partial charge in [0.2, 0.25) is 0 Å². The van der Waals surface area contributed by atoms with Gasteiger partial charge < -0.3 is 4.74 Å². The summed E-state index contributed by atoms with van der Waals surface area (Å²) in [6, 6.07) is 3.48. The van der Waals surface area contributed by atoms with Gasteiger partial charge in [0.25, 0.3) is 0 Å². The Hall–Kier alpha value is -1.71. The van der Waals surface area contributed by atoms with Gasteiger partial charge in [-0.25, -0.2) is 9.79 Å². The maximum atomic E-state index is 10.6. The molecule has 0 unspecified atom stereocenters. The van der Waals surface area contributed by atoms with Crippen LogP contribution in [-0.2, 0) is 9.53 Å². The second-order valence-corrected chi connectivity index (χ2v) is 1.99. The van der Waals surface area contributed by atoms with Gasteiger partial charge >= 0.3 is 5.97 Å². The normalized spacial score (nSPS) is 10.1. The van der Waals surface area contributed by atoms with Crippen molar-refractivity contribution in [2.24, 2.45) is 4.99 Å². The molecule has 0 aliphatic carbocycles. The molecule has 1 rings (SSSR count). The first-order chi connectivity index (χ1) is 5.83. The standard InChI is InChI=1S/C8H8N2O2/c1-12-8(11)6-10-7-3-2-4-9-5-7/h2-6H,1H3. The lowest BCUT2D eigenvalue weighted by Crippen LogP contribution is -1.99. The Morgan fingerprint density at radius 3 is 3.17 bits per heavy atom. The molecule has 0 bridgehead atoms. The van der Waals surface area contributed by atoms with Crippen molar-refractivity contribution >= 4 is 17.9 Å². The topological polar surface area (TPSA) is 51.5 Å². The molecule has 0 saturated carbocycles. The molecule has 0 fully saturated rings. The Morgan fingerprint density at radius 2 is 2.58 bits per heavy atom. The highest BCUT2D eigenvalue weighted by atomic mass is 16.5. The summed E-state index contributed by atoms with van der Waals surface area (Å²) in [5.41, 5.74) is 0.628. The largest absolute Gasteiger partial charge is 0.465 e. The third-order valence-electron chi connectivity index (χ3n) is 1.17. The molecule has 12 heavy (non-hydrogen) atoms. The van der Waals surface area contributed by atoms with Crippen molar-refractivity contribution in [1.82, 2.24) is 4.98 Å². The summed E-state index contributed by atoms with van der Waals surface area (Å²) in [7, 11) is 1.30. The van der Waals surface area contributed by atoms with Gasteiger partial charge in [-0.15, -0.1) is 0 Å². The van der Waals surface area contributed by atoms with Gasteiger partial charge in [0, 0.05) is 6.20 Å². The van der Waals surface area contributed by atoms with E-state index in [1.807, 2.05) is 0 Å². The molecule has 4 heteroatoms. The van der Waals surface area contributed by atoms with Crippen LogP contribution < -0.4 is 0 Å². The summed E-state index contributed by atoms with van der Waals surface area (Å²) < 4.78 is 4.36. The molecule has 0 saturated heterocycles. The van der Waals surface area contributed by atoms with Gasteiger partial charge in [-0.3, -0.25) is 4.98 Å². The predicted molar refractivity (Wildman–Crippen MR) is 44.4 cm³/mol. The minimum Gasteiger partial charge on any atom is -0.465 e. The van der Waals surface area contributed by atoms with E-state index in [1.54, 1.807) is 24.5 Å². The highest BCUT2D eigenvalue weighted by Crippen LogP contribution is 2.05. The third kappa shape index (κ3) is 2.49.